The summed E-state index contributed by atoms with van der Waals surface area (Å²) in [6.07, 6.45) is 33.1. The first-order valence-corrected chi connectivity index (χ1v) is 17.5. The second kappa shape index (κ2) is 31.0. The zero-order chi connectivity index (χ0) is 29.5. The van der Waals surface area contributed by atoms with Gasteiger partial charge in [-0.1, -0.05) is 174 Å². The first-order valence-electron chi connectivity index (χ1n) is 17.5. The van der Waals surface area contributed by atoms with Gasteiger partial charge in [0.25, 0.3) is 0 Å². The van der Waals surface area contributed by atoms with E-state index in [1.807, 2.05) is 0 Å². The zero-order valence-corrected chi connectivity index (χ0v) is 26.7. The smallest absolute Gasteiger partial charge is 0.220 e. The highest BCUT2D eigenvalue weighted by atomic mass is 16.3. The van der Waals surface area contributed by atoms with Gasteiger partial charge in [-0.25, -0.2) is 0 Å². The third-order valence-corrected chi connectivity index (χ3v) is 8.10. The number of carbonyl (C=O) groups excluding carboxylic acids is 1. The van der Waals surface area contributed by atoms with Crippen molar-refractivity contribution in [2.75, 3.05) is 6.61 Å². The molecule has 0 rings (SSSR count). The Balaban J connectivity index is 3.75. The summed E-state index contributed by atoms with van der Waals surface area (Å²) in [6, 6.07) is -0.736. The maximum Gasteiger partial charge on any atom is 0.220 e. The fourth-order valence-corrected chi connectivity index (χ4v) is 5.31. The Hall–Kier alpha value is -0.910. The molecule has 3 atom stereocenters. The van der Waals surface area contributed by atoms with E-state index < -0.39 is 18.2 Å². The van der Waals surface area contributed by atoms with Gasteiger partial charge >= 0.3 is 0 Å². The molecule has 0 aliphatic rings. The molecule has 0 fully saturated rings. The second-order valence-electron chi connectivity index (χ2n) is 12.1. The number of carbonyl (C=O) groups is 1. The molecule has 5 nitrogen and oxygen atoms in total. The van der Waals surface area contributed by atoms with E-state index in [0.29, 0.717) is 12.8 Å². The van der Waals surface area contributed by atoms with Crippen molar-refractivity contribution in [2.45, 2.75) is 199 Å². The van der Waals surface area contributed by atoms with E-state index in [1.54, 1.807) is 6.08 Å². The van der Waals surface area contributed by atoms with Crippen molar-refractivity contribution in [1.82, 2.24) is 5.32 Å². The van der Waals surface area contributed by atoms with Crippen LogP contribution in [0.1, 0.15) is 181 Å². The number of rotatable bonds is 31. The van der Waals surface area contributed by atoms with Crippen LogP contribution in [0.5, 0.6) is 0 Å². The first kappa shape index (κ1) is 39.1. The van der Waals surface area contributed by atoms with Gasteiger partial charge < -0.3 is 20.6 Å². The van der Waals surface area contributed by atoms with Gasteiger partial charge in [-0.15, -0.1) is 0 Å². The van der Waals surface area contributed by atoms with E-state index in [4.69, 9.17) is 0 Å². The van der Waals surface area contributed by atoms with E-state index in [-0.39, 0.29) is 12.5 Å². The number of unbranched alkanes of at least 4 members (excludes halogenated alkanes) is 22. The van der Waals surface area contributed by atoms with Gasteiger partial charge in [0.15, 0.2) is 0 Å². The minimum atomic E-state index is -1.01. The Morgan fingerprint density at radius 2 is 0.950 bits per heavy atom. The van der Waals surface area contributed by atoms with E-state index in [1.165, 1.54) is 128 Å². The van der Waals surface area contributed by atoms with Gasteiger partial charge in [-0.2, -0.15) is 0 Å². The number of aliphatic hydroxyl groups is 3. The van der Waals surface area contributed by atoms with Gasteiger partial charge in [0, 0.05) is 6.42 Å². The molecule has 5 heteroatoms. The van der Waals surface area contributed by atoms with Crippen molar-refractivity contribution in [3.05, 3.63) is 12.2 Å². The Labute approximate surface area is 249 Å². The van der Waals surface area contributed by atoms with Gasteiger partial charge in [0.05, 0.1) is 24.9 Å². The largest absolute Gasteiger partial charge is 0.394 e. The highest BCUT2D eigenvalue weighted by Crippen LogP contribution is 2.14. The molecule has 0 bridgehead atoms. The van der Waals surface area contributed by atoms with Crippen LogP contribution in [0.4, 0.5) is 0 Å². The Morgan fingerprint density at radius 3 is 1.35 bits per heavy atom. The van der Waals surface area contributed by atoms with Crippen molar-refractivity contribution in [3.63, 3.8) is 0 Å². The lowest BCUT2D eigenvalue weighted by atomic mass is 10.0. The highest BCUT2D eigenvalue weighted by Gasteiger charge is 2.18. The van der Waals surface area contributed by atoms with Crippen molar-refractivity contribution >= 4 is 5.91 Å². The van der Waals surface area contributed by atoms with E-state index >= 15 is 0 Å². The summed E-state index contributed by atoms with van der Waals surface area (Å²) in [7, 11) is 0. The van der Waals surface area contributed by atoms with Crippen LogP contribution < -0.4 is 5.32 Å². The van der Waals surface area contributed by atoms with Gasteiger partial charge in [0.2, 0.25) is 5.91 Å². The summed E-state index contributed by atoms with van der Waals surface area (Å²) >= 11 is 0. The molecule has 0 heterocycles. The summed E-state index contributed by atoms with van der Waals surface area (Å²) < 4.78 is 0. The van der Waals surface area contributed by atoms with Crippen molar-refractivity contribution in [2.24, 2.45) is 0 Å². The van der Waals surface area contributed by atoms with Crippen molar-refractivity contribution in [1.29, 1.82) is 0 Å². The van der Waals surface area contributed by atoms with E-state index in [0.717, 1.165) is 32.1 Å². The highest BCUT2D eigenvalue weighted by molar-refractivity contribution is 5.76. The third-order valence-electron chi connectivity index (χ3n) is 8.10. The zero-order valence-electron chi connectivity index (χ0n) is 26.7. The van der Waals surface area contributed by atoms with Gasteiger partial charge in [-0.05, 0) is 12.8 Å². The lowest BCUT2D eigenvalue weighted by molar-refractivity contribution is -0.123. The maximum absolute atomic E-state index is 12.3. The summed E-state index contributed by atoms with van der Waals surface area (Å²) in [5.74, 6) is -0.128. The molecule has 40 heavy (non-hydrogen) atoms. The van der Waals surface area contributed by atoms with Crippen LogP contribution >= 0.6 is 0 Å². The molecule has 0 saturated heterocycles. The van der Waals surface area contributed by atoms with Crippen LogP contribution in [0.2, 0.25) is 0 Å². The minimum Gasteiger partial charge on any atom is -0.394 e. The van der Waals surface area contributed by atoms with Crippen LogP contribution in [0.25, 0.3) is 0 Å². The maximum atomic E-state index is 12.3. The van der Waals surface area contributed by atoms with Crippen LogP contribution in [-0.2, 0) is 4.79 Å². The van der Waals surface area contributed by atoms with Crippen molar-refractivity contribution in [3.8, 4) is 0 Å². The second-order valence-corrected chi connectivity index (χ2v) is 12.1. The van der Waals surface area contributed by atoms with Crippen molar-refractivity contribution < 1.29 is 20.1 Å². The summed E-state index contributed by atoms with van der Waals surface area (Å²) in [5.41, 5.74) is 0. The standard InChI is InChI=1S/C35H69NO4/c1-3-5-7-9-11-13-15-16-17-18-20-22-24-26-28-35(40)36-33(31-37)34(39)30-29-32(38)27-25-23-21-19-14-12-10-8-6-4-2/h29-30,32-34,37-39H,3-28,31H2,1-2H3,(H,36,40)/b30-29+. The molecule has 238 valence electrons. The first-order chi connectivity index (χ1) is 19.5. The average molecular weight is 568 g/mol. The third kappa shape index (κ3) is 27.3. The molecule has 0 radical (unpaired) electrons. The molecule has 3 unspecified atom stereocenters. The normalized spacial score (nSPS) is 14.0. The topological polar surface area (TPSA) is 89.8 Å². The fourth-order valence-electron chi connectivity index (χ4n) is 5.31. The Kier molecular flexibility index (Phi) is 30.3. The Morgan fingerprint density at radius 1 is 0.575 bits per heavy atom. The molecule has 0 aliphatic heterocycles. The summed E-state index contributed by atoms with van der Waals surface area (Å²) in [4.78, 5) is 12.3. The SMILES string of the molecule is CCCCCCCCCCCCCCCCC(=O)NC(CO)C(O)/C=C/C(O)CCCCCCCCCCCC. The van der Waals surface area contributed by atoms with E-state index in [2.05, 4.69) is 19.2 Å². The van der Waals surface area contributed by atoms with Crippen LogP contribution in [0, 0.1) is 0 Å². The van der Waals surface area contributed by atoms with Crippen LogP contribution in [0.3, 0.4) is 0 Å². The molecule has 0 aromatic carbocycles. The van der Waals surface area contributed by atoms with E-state index in [9.17, 15) is 20.1 Å². The number of hydrogen-bond donors (Lipinski definition) is 4. The molecule has 1 amide bonds. The molecular formula is C35H69NO4. The van der Waals surface area contributed by atoms with Gasteiger partial charge in [0.1, 0.15) is 0 Å². The molecule has 0 spiro atoms. The Bertz CT molecular complexity index is 554. The molecule has 0 aromatic heterocycles. The lowest BCUT2D eigenvalue weighted by Gasteiger charge is -2.20. The number of amides is 1. The summed E-state index contributed by atoms with van der Waals surface area (Å²) in [5, 5.41) is 33.0. The number of hydrogen-bond acceptors (Lipinski definition) is 4. The average Bonchev–Trinajstić information content (AvgIpc) is 2.95. The fraction of sp³-hybridized carbons (Fsp3) is 0.914. The minimum absolute atomic E-state index is 0.128. The molecule has 0 aliphatic carbocycles. The number of nitrogens with one attached hydrogen (secondary N) is 1. The molecular weight excluding hydrogens is 498 g/mol. The predicted molar refractivity (Wildman–Crippen MR) is 172 cm³/mol. The predicted octanol–water partition coefficient (Wildman–Crippen LogP) is 8.92. The van der Waals surface area contributed by atoms with Gasteiger partial charge in [-0.3, -0.25) is 4.79 Å². The molecule has 0 aromatic rings. The quantitative estimate of drug-likeness (QED) is 0.0497. The van der Waals surface area contributed by atoms with Crippen LogP contribution in [-0.4, -0.2) is 46.1 Å². The van der Waals surface area contributed by atoms with Crippen LogP contribution in [0.15, 0.2) is 12.2 Å². The number of aliphatic hydroxyl groups excluding tert-OH is 3. The molecule has 0 saturated carbocycles. The summed E-state index contributed by atoms with van der Waals surface area (Å²) in [6.45, 7) is 4.18. The molecule has 4 N–H and O–H groups in total. The lowest BCUT2D eigenvalue weighted by Crippen LogP contribution is -2.45. The monoisotopic (exact) mass is 568 g/mol.